The van der Waals surface area contributed by atoms with E-state index in [1.807, 2.05) is 44.4 Å². The molecule has 0 unspecified atom stereocenters. The summed E-state index contributed by atoms with van der Waals surface area (Å²) < 4.78 is 15.9. The van der Waals surface area contributed by atoms with Crippen LogP contribution in [0.25, 0.3) is 22.2 Å². The van der Waals surface area contributed by atoms with Crippen molar-refractivity contribution in [2.75, 3.05) is 38.6 Å². The molecule has 2 heterocycles. The van der Waals surface area contributed by atoms with E-state index in [0.29, 0.717) is 5.69 Å². The summed E-state index contributed by atoms with van der Waals surface area (Å²) in [4.78, 5) is 12.9. The summed E-state index contributed by atoms with van der Waals surface area (Å²) in [5.74, 6) is -0.228. The standard InChI is InChI=1S/C20H21BrFN5/c1-26(2)19-11-27(8-7-23-19)18-6-3-13(9-16(18)22)20-15-10-14(21)4-5-17(15)24-12-25-20/h3-6,9-10,12,19,23H,7-8,11H2,1-2H3/t19-/m1/s1. The fourth-order valence-electron chi connectivity index (χ4n) is 3.46. The van der Waals surface area contributed by atoms with Crippen LogP contribution in [-0.4, -0.2) is 54.8 Å². The third-order valence-corrected chi connectivity index (χ3v) is 5.43. The number of piperazine rings is 1. The van der Waals surface area contributed by atoms with Gasteiger partial charge >= 0.3 is 0 Å². The minimum absolute atomic E-state index is 0.209. The van der Waals surface area contributed by atoms with Crippen molar-refractivity contribution in [3.05, 3.63) is 53.0 Å². The van der Waals surface area contributed by atoms with E-state index in [0.717, 1.165) is 46.3 Å². The van der Waals surface area contributed by atoms with Crippen molar-refractivity contribution in [2.24, 2.45) is 0 Å². The van der Waals surface area contributed by atoms with Crippen molar-refractivity contribution in [1.29, 1.82) is 0 Å². The maximum atomic E-state index is 15.0. The highest BCUT2D eigenvalue weighted by atomic mass is 79.9. The molecule has 3 aromatic rings. The van der Waals surface area contributed by atoms with Gasteiger partial charge in [-0.1, -0.05) is 22.0 Å². The number of hydrogen-bond donors (Lipinski definition) is 1. The summed E-state index contributed by atoms with van der Waals surface area (Å²) in [6, 6.07) is 11.2. The second kappa shape index (κ2) is 7.50. The maximum absolute atomic E-state index is 15.0. The van der Waals surface area contributed by atoms with E-state index in [-0.39, 0.29) is 12.0 Å². The Labute approximate surface area is 166 Å². The van der Waals surface area contributed by atoms with Gasteiger partial charge in [0, 0.05) is 35.1 Å². The second-order valence-corrected chi connectivity index (χ2v) is 7.85. The van der Waals surface area contributed by atoms with Gasteiger partial charge in [-0.15, -0.1) is 0 Å². The predicted octanol–water partition coefficient (Wildman–Crippen LogP) is 3.50. The van der Waals surface area contributed by atoms with E-state index in [2.05, 4.69) is 41.0 Å². The molecular weight excluding hydrogens is 409 g/mol. The molecule has 1 aliphatic heterocycles. The van der Waals surface area contributed by atoms with Gasteiger partial charge in [0.25, 0.3) is 0 Å². The Kier molecular flexibility index (Phi) is 5.08. The Hall–Kier alpha value is -2.09. The van der Waals surface area contributed by atoms with Crippen LogP contribution >= 0.6 is 15.9 Å². The molecule has 1 atom stereocenters. The first-order valence-corrected chi connectivity index (χ1v) is 9.67. The van der Waals surface area contributed by atoms with Gasteiger partial charge < -0.3 is 4.90 Å². The number of hydrogen-bond acceptors (Lipinski definition) is 5. The molecule has 0 spiro atoms. The van der Waals surface area contributed by atoms with Crippen molar-refractivity contribution in [2.45, 2.75) is 6.17 Å². The fraction of sp³-hybridized carbons (Fsp3) is 0.300. The van der Waals surface area contributed by atoms with Gasteiger partial charge in [0.15, 0.2) is 0 Å². The highest BCUT2D eigenvalue weighted by Crippen LogP contribution is 2.31. The van der Waals surface area contributed by atoms with Crippen LogP contribution in [0.2, 0.25) is 0 Å². The number of anilines is 1. The van der Waals surface area contributed by atoms with Crippen molar-refractivity contribution < 1.29 is 4.39 Å². The number of likely N-dealkylation sites (N-methyl/N-ethyl adjacent to an activating group) is 1. The zero-order valence-corrected chi connectivity index (χ0v) is 16.9. The van der Waals surface area contributed by atoms with Crippen molar-refractivity contribution in [1.82, 2.24) is 20.2 Å². The van der Waals surface area contributed by atoms with Gasteiger partial charge in [0.1, 0.15) is 12.1 Å². The van der Waals surface area contributed by atoms with Crippen LogP contribution in [0.3, 0.4) is 0 Å². The second-order valence-electron chi connectivity index (χ2n) is 6.93. The number of fused-ring (bicyclic) bond motifs is 1. The van der Waals surface area contributed by atoms with E-state index in [1.54, 1.807) is 6.07 Å². The van der Waals surface area contributed by atoms with Crippen LogP contribution in [0, 0.1) is 5.82 Å². The first kappa shape index (κ1) is 18.3. The molecule has 0 bridgehead atoms. The molecule has 7 heteroatoms. The minimum Gasteiger partial charge on any atom is -0.365 e. The number of nitrogens with zero attached hydrogens (tertiary/aromatic N) is 4. The molecule has 1 aromatic heterocycles. The monoisotopic (exact) mass is 429 g/mol. The van der Waals surface area contributed by atoms with Crippen molar-refractivity contribution in [3.8, 4) is 11.3 Å². The van der Waals surface area contributed by atoms with Gasteiger partial charge in [-0.3, -0.25) is 10.2 Å². The Balaban J connectivity index is 1.70. The molecule has 1 N–H and O–H groups in total. The lowest BCUT2D eigenvalue weighted by Crippen LogP contribution is -2.56. The highest BCUT2D eigenvalue weighted by molar-refractivity contribution is 9.10. The number of halogens is 2. The number of benzene rings is 2. The number of nitrogens with one attached hydrogen (secondary N) is 1. The first-order chi connectivity index (χ1) is 13.0. The fourth-order valence-corrected chi connectivity index (χ4v) is 3.83. The van der Waals surface area contributed by atoms with Crippen LogP contribution in [0.15, 0.2) is 47.2 Å². The largest absolute Gasteiger partial charge is 0.365 e. The smallest absolute Gasteiger partial charge is 0.147 e. The predicted molar refractivity (Wildman–Crippen MR) is 110 cm³/mol. The van der Waals surface area contributed by atoms with Gasteiger partial charge in [-0.2, -0.15) is 0 Å². The number of rotatable bonds is 3. The molecule has 4 rings (SSSR count). The average molecular weight is 430 g/mol. The third kappa shape index (κ3) is 3.67. The average Bonchev–Trinajstić information content (AvgIpc) is 2.67. The van der Waals surface area contributed by atoms with E-state index >= 15 is 0 Å². The summed E-state index contributed by atoms with van der Waals surface area (Å²) in [5, 5.41) is 4.34. The van der Waals surface area contributed by atoms with E-state index < -0.39 is 0 Å². The maximum Gasteiger partial charge on any atom is 0.147 e. The molecule has 1 fully saturated rings. The molecule has 5 nitrogen and oxygen atoms in total. The lowest BCUT2D eigenvalue weighted by Gasteiger charge is -2.38. The molecule has 0 saturated carbocycles. The van der Waals surface area contributed by atoms with E-state index in [9.17, 15) is 4.39 Å². The Morgan fingerprint density at radius 2 is 2.04 bits per heavy atom. The summed E-state index contributed by atoms with van der Waals surface area (Å²) >= 11 is 3.49. The molecular formula is C20H21BrFN5. The Morgan fingerprint density at radius 3 is 2.81 bits per heavy atom. The summed E-state index contributed by atoms with van der Waals surface area (Å²) in [7, 11) is 4.05. The topological polar surface area (TPSA) is 44.3 Å². The highest BCUT2D eigenvalue weighted by Gasteiger charge is 2.23. The summed E-state index contributed by atoms with van der Waals surface area (Å²) in [6.07, 6.45) is 1.73. The molecule has 27 heavy (non-hydrogen) atoms. The SMILES string of the molecule is CN(C)[C@@H]1CN(c2ccc(-c3ncnc4ccc(Br)cc34)cc2F)CCN1. The minimum atomic E-state index is -0.228. The Bertz CT molecular complexity index is 978. The summed E-state index contributed by atoms with van der Waals surface area (Å²) in [6.45, 7) is 2.35. The molecule has 0 radical (unpaired) electrons. The van der Waals surface area contributed by atoms with Crippen LogP contribution in [0.4, 0.5) is 10.1 Å². The molecule has 2 aromatic carbocycles. The van der Waals surface area contributed by atoms with Crippen molar-refractivity contribution in [3.63, 3.8) is 0 Å². The normalized spacial score (nSPS) is 17.7. The molecule has 140 valence electrons. The first-order valence-electron chi connectivity index (χ1n) is 8.88. The molecule has 1 aliphatic rings. The lowest BCUT2D eigenvalue weighted by atomic mass is 10.1. The van der Waals surface area contributed by atoms with E-state index in [1.165, 1.54) is 6.33 Å². The molecule has 0 aliphatic carbocycles. The Morgan fingerprint density at radius 1 is 1.19 bits per heavy atom. The van der Waals surface area contributed by atoms with Gasteiger partial charge in [-0.25, -0.2) is 14.4 Å². The molecule has 1 saturated heterocycles. The van der Waals surface area contributed by atoms with Crippen molar-refractivity contribution >= 4 is 32.5 Å². The number of aromatic nitrogens is 2. The zero-order chi connectivity index (χ0) is 19.0. The van der Waals surface area contributed by atoms with Crippen LogP contribution < -0.4 is 10.2 Å². The van der Waals surface area contributed by atoms with Crippen LogP contribution in [0.1, 0.15) is 0 Å². The lowest BCUT2D eigenvalue weighted by molar-refractivity contribution is 0.232. The van der Waals surface area contributed by atoms with Gasteiger partial charge in [-0.05, 0) is 44.4 Å². The summed E-state index contributed by atoms with van der Waals surface area (Å²) in [5.41, 5.74) is 2.95. The van der Waals surface area contributed by atoms with Gasteiger partial charge in [0.05, 0.1) is 23.1 Å². The third-order valence-electron chi connectivity index (χ3n) is 4.94. The van der Waals surface area contributed by atoms with Gasteiger partial charge in [0.2, 0.25) is 0 Å². The zero-order valence-electron chi connectivity index (χ0n) is 15.3. The van der Waals surface area contributed by atoms with E-state index in [4.69, 9.17) is 0 Å². The molecule has 0 amide bonds. The van der Waals surface area contributed by atoms with Crippen LogP contribution in [0.5, 0.6) is 0 Å². The quantitative estimate of drug-likeness (QED) is 0.689. The van der Waals surface area contributed by atoms with Crippen LogP contribution in [-0.2, 0) is 0 Å².